The molecule has 0 aliphatic heterocycles. The molecule has 5 heteroatoms. The van der Waals surface area contributed by atoms with Gasteiger partial charge in [-0.1, -0.05) is 17.7 Å². The van der Waals surface area contributed by atoms with E-state index in [-0.39, 0.29) is 12.0 Å². The second-order valence-electron chi connectivity index (χ2n) is 3.09. The summed E-state index contributed by atoms with van der Waals surface area (Å²) in [5.41, 5.74) is 1.05. The zero-order chi connectivity index (χ0) is 10.8. The van der Waals surface area contributed by atoms with Crippen LogP contribution in [0.2, 0.25) is 0 Å². The van der Waals surface area contributed by atoms with Gasteiger partial charge in [0.05, 0.1) is 5.75 Å². The predicted octanol–water partition coefficient (Wildman–Crippen LogP) is 1.98. The van der Waals surface area contributed by atoms with Crippen molar-refractivity contribution in [1.82, 2.24) is 0 Å². The summed E-state index contributed by atoms with van der Waals surface area (Å²) in [5.74, 6) is -1.17. The van der Waals surface area contributed by atoms with Gasteiger partial charge in [-0.05, 0) is 25.0 Å². The van der Waals surface area contributed by atoms with Crippen molar-refractivity contribution < 1.29 is 16.7 Å². The summed E-state index contributed by atoms with van der Waals surface area (Å²) in [5, 5.41) is 0. The Bertz CT molecular complexity index is 426. The molecule has 1 rings (SSSR count). The van der Waals surface area contributed by atoms with Crippen molar-refractivity contribution in [3.05, 3.63) is 35.1 Å². The first-order valence-corrected chi connectivity index (χ1v) is 5.61. The average molecular weight is 220 g/mol. The zero-order valence-corrected chi connectivity index (χ0v) is 8.44. The zero-order valence-electron chi connectivity index (χ0n) is 7.63. The third-order valence-corrected chi connectivity index (χ3v) is 2.51. The van der Waals surface area contributed by atoms with Gasteiger partial charge in [0.25, 0.3) is 0 Å². The molecule has 0 aromatic heterocycles. The molecule has 0 unspecified atom stereocenters. The van der Waals surface area contributed by atoms with Gasteiger partial charge in [-0.3, -0.25) is 0 Å². The van der Waals surface area contributed by atoms with Crippen LogP contribution in [0, 0.1) is 12.7 Å². The molecule has 0 aliphatic carbocycles. The lowest BCUT2D eigenvalue weighted by molar-refractivity contribution is 0.550. The van der Waals surface area contributed by atoms with Crippen molar-refractivity contribution in [2.24, 2.45) is 0 Å². The molecule has 0 radical (unpaired) electrons. The fraction of sp³-hybridized carbons (Fsp3) is 0.333. The summed E-state index contributed by atoms with van der Waals surface area (Å²) in [6.45, 7) is 1.76. The van der Waals surface area contributed by atoms with Crippen LogP contribution < -0.4 is 0 Å². The minimum absolute atomic E-state index is 0.133. The Labute approximate surface area is 81.8 Å². The minimum Gasteiger partial charge on any atom is -0.207 e. The standard InChI is InChI=1S/C9H10F2O2S/c1-7-2-3-9(10)8(6-7)4-5-14(11,12)13/h2-3,6H,4-5H2,1H3. The van der Waals surface area contributed by atoms with E-state index >= 15 is 0 Å². The molecule has 1 aromatic carbocycles. The predicted molar refractivity (Wildman–Crippen MR) is 49.7 cm³/mol. The Morgan fingerprint density at radius 3 is 2.57 bits per heavy atom. The van der Waals surface area contributed by atoms with Gasteiger partial charge in [0.15, 0.2) is 0 Å². The summed E-state index contributed by atoms with van der Waals surface area (Å²) in [6, 6.07) is 4.33. The van der Waals surface area contributed by atoms with Gasteiger partial charge in [0.1, 0.15) is 5.82 Å². The number of rotatable bonds is 3. The van der Waals surface area contributed by atoms with Gasteiger partial charge in [-0.2, -0.15) is 8.42 Å². The van der Waals surface area contributed by atoms with Crippen LogP contribution in [0.25, 0.3) is 0 Å². The van der Waals surface area contributed by atoms with E-state index in [0.717, 1.165) is 5.56 Å². The van der Waals surface area contributed by atoms with Crippen LogP contribution in [-0.2, 0) is 16.6 Å². The van der Waals surface area contributed by atoms with E-state index in [1.807, 2.05) is 0 Å². The Hall–Kier alpha value is -0.970. The van der Waals surface area contributed by atoms with Crippen molar-refractivity contribution in [2.75, 3.05) is 5.75 Å². The molecule has 0 amide bonds. The first kappa shape index (κ1) is 11.1. The molecule has 0 heterocycles. The highest BCUT2D eigenvalue weighted by atomic mass is 32.3. The maximum Gasteiger partial charge on any atom is 0.302 e. The SMILES string of the molecule is Cc1ccc(F)c(CCS(=O)(=O)F)c1. The fourth-order valence-electron chi connectivity index (χ4n) is 1.13. The molecule has 0 bridgehead atoms. The molecule has 0 saturated carbocycles. The van der Waals surface area contributed by atoms with Crippen molar-refractivity contribution >= 4 is 10.2 Å². The molecular weight excluding hydrogens is 210 g/mol. The Kier molecular flexibility index (Phi) is 3.21. The largest absolute Gasteiger partial charge is 0.302 e. The van der Waals surface area contributed by atoms with Gasteiger partial charge in [-0.25, -0.2) is 4.39 Å². The summed E-state index contributed by atoms with van der Waals surface area (Å²) in [6.07, 6.45) is -0.133. The van der Waals surface area contributed by atoms with Crippen LogP contribution >= 0.6 is 0 Å². The Balaban J connectivity index is 2.81. The van der Waals surface area contributed by atoms with Gasteiger partial charge < -0.3 is 0 Å². The van der Waals surface area contributed by atoms with Crippen molar-refractivity contribution in [3.63, 3.8) is 0 Å². The summed E-state index contributed by atoms with van der Waals surface area (Å²) >= 11 is 0. The summed E-state index contributed by atoms with van der Waals surface area (Å²) in [7, 11) is -4.52. The lowest BCUT2D eigenvalue weighted by Crippen LogP contribution is -2.03. The number of hydrogen-bond donors (Lipinski definition) is 0. The third kappa shape index (κ3) is 3.41. The quantitative estimate of drug-likeness (QED) is 0.730. The van der Waals surface area contributed by atoms with Crippen molar-refractivity contribution in [3.8, 4) is 0 Å². The normalized spacial score (nSPS) is 11.6. The maximum absolute atomic E-state index is 13.0. The van der Waals surface area contributed by atoms with Crippen LogP contribution in [0.15, 0.2) is 18.2 Å². The van der Waals surface area contributed by atoms with E-state index in [4.69, 9.17) is 0 Å². The van der Waals surface area contributed by atoms with Crippen molar-refractivity contribution in [2.45, 2.75) is 13.3 Å². The lowest BCUT2D eigenvalue weighted by Gasteiger charge is -2.02. The second-order valence-corrected chi connectivity index (χ2v) is 4.57. The number of benzene rings is 1. The second kappa shape index (κ2) is 4.04. The van der Waals surface area contributed by atoms with Crippen LogP contribution in [0.3, 0.4) is 0 Å². The van der Waals surface area contributed by atoms with E-state index < -0.39 is 21.8 Å². The molecule has 0 atom stereocenters. The molecule has 0 N–H and O–H groups in total. The minimum atomic E-state index is -4.52. The van der Waals surface area contributed by atoms with E-state index in [9.17, 15) is 16.7 Å². The molecule has 0 saturated heterocycles. The van der Waals surface area contributed by atoms with Crippen molar-refractivity contribution in [1.29, 1.82) is 0 Å². The van der Waals surface area contributed by atoms with Crippen LogP contribution in [-0.4, -0.2) is 14.2 Å². The molecule has 2 nitrogen and oxygen atoms in total. The molecule has 78 valence electrons. The highest BCUT2D eigenvalue weighted by Gasteiger charge is 2.10. The number of halogens is 2. The molecular formula is C9H10F2O2S. The Morgan fingerprint density at radius 2 is 2.00 bits per heavy atom. The number of aryl methyl sites for hydroxylation is 2. The van der Waals surface area contributed by atoms with Gasteiger partial charge in [0, 0.05) is 0 Å². The molecule has 0 fully saturated rings. The fourth-order valence-corrected chi connectivity index (χ4v) is 1.59. The first-order chi connectivity index (χ1) is 6.38. The smallest absolute Gasteiger partial charge is 0.207 e. The molecule has 1 aromatic rings. The maximum atomic E-state index is 13.0. The van der Waals surface area contributed by atoms with E-state index in [0.29, 0.717) is 0 Å². The highest BCUT2D eigenvalue weighted by Crippen LogP contribution is 2.11. The summed E-state index contributed by atoms with van der Waals surface area (Å²) in [4.78, 5) is 0. The topological polar surface area (TPSA) is 34.1 Å². The first-order valence-electron chi connectivity index (χ1n) is 4.06. The number of hydrogen-bond acceptors (Lipinski definition) is 2. The average Bonchev–Trinajstić information content (AvgIpc) is 2.05. The highest BCUT2D eigenvalue weighted by molar-refractivity contribution is 7.86. The van der Waals surface area contributed by atoms with Gasteiger partial charge >= 0.3 is 10.2 Å². The van der Waals surface area contributed by atoms with E-state index in [1.54, 1.807) is 13.0 Å². The lowest BCUT2D eigenvalue weighted by atomic mass is 10.1. The molecule has 0 aliphatic rings. The van der Waals surface area contributed by atoms with Gasteiger partial charge in [0.2, 0.25) is 0 Å². The monoisotopic (exact) mass is 220 g/mol. The van der Waals surface area contributed by atoms with E-state index in [2.05, 4.69) is 0 Å². The van der Waals surface area contributed by atoms with Crippen LogP contribution in [0.5, 0.6) is 0 Å². The molecule has 14 heavy (non-hydrogen) atoms. The molecule has 0 spiro atoms. The Morgan fingerprint density at radius 1 is 1.36 bits per heavy atom. The summed E-state index contributed by atoms with van der Waals surface area (Å²) < 4.78 is 45.6. The van der Waals surface area contributed by atoms with Gasteiger partial charge in [-0.15, -0.1) is 3.89 Å². The van der Waals surface area contributed by atoms with Crippen LogP contribution in [0.1, 0.15) is 11.1 Å². The third-order valence-electron chi connectivity index (χ3n) is 1.82. The van der Waals surface area contributed by atoms with E-state index in [1.165, 1.54) is 12.1 Å². The van der Waals surface area contributed by atoms with Crippen LogP contribution in [0.4, 0.5) is 8.28 Å².